The van der Waals surface area contributed by atoms with Gasteiger partial charge in [0, 0.05) is 18.0 Å². The van der Waals surface area contributed by atoms with Gasteiger partial charge in [-0.05, 0) is 30.3 Å². The lowest BCUT2D eigenvalue weighted by atomic mass is 10.1. The highest BCUT2D eigenvalue weighted by atomic mass is 32.2. The van der Waals surface area contributed by atoms with E-state index in [2.05, 4.69) is 16.1 Å². The zero-order valence-electron chi connectivity index (χ0n) is 9.29. The van der Waals surface area contributed by atoms with Gasteiger partial charge in [0.2, 0.25) is 0 Å². The fraction of sp³-hybridized carbons (Fsp3) is 0.273. The monoisotopic (exact) mass is 234 g/mol. The number of hydrogen-bond acceptors (Lipinski definition) is 4. The van der Waals surface area contributed by atoms with Crippen LogP contribution in [0.25, 0.3) is 0 Å². The summed E-state index contributed by atoms with van der Waals surface area (Å²) in [5, 5.41) is 4.91. The summed E-state index contributed by atoms with van der Waals surface area (Å²) >= 11 is 1.59. The summed E-state index contributed by atoms with van der Waals surface area (Å²) in [5.74, 6) is 0. The van der Waals surface area contributed by atoms with Crippen LogP contribution in [0, 0.1) is 0 Å². The second kappa shape index (κ2) is 4.67. The minimum atomic E-state index is 0.0249. The molecule has 0 spiro atoms. The summed E-state index contributed by atoms with van der Waals surface area (Å²) in [4.78, 5) is 5.32. The zero-order chi connectivity index (χ0) is 11.5. The zero-order valence-corrected chi connectivity index (χ0v) is 10.1. The van der Waals surface area contributed by atoms with Crippen molar-refractivity contribution < 1.29 is 0 Å². The molecule has 0 amide bonds. The molecule has 0 bridgehead atoms. The molecule has 2 N–H and O–H groups in total. The van der Waals surface area contributed by atoms with Gasteiger partial charge in [-0.25, -0.2) is 9.67 Å². The maximum atomic E-state index is 5.93. The van der Waals surface area contributed by atoms with Crippen LogP contribution in [-0.4, -0.2) is 14.8 Å². The van der Waals surface area contributed by atoms with Crippen LogP contribution in [0.2, 0.25) is 0 Å². The Balaban J connectivity index is 2.31. The maximum absolute atomic E-state index is 5.93. The minimum Gasteiger partial charge on any atom is -0.324 e. The van der Waals surface area contributed by atoms with Gasteiger partial charge in [-0.2, -0.15) is 5.10 Å². The van der Waals surface area contributed by atoms with Crippen LogP contribution in [0.3, 0.4) is 0 Å². The summed E-state index contributed by atoms with van der Waals surface area (Å²) in [6, 6.07) is 8.13. The van der Waals surface area contributed by atoms with E-state index in [0.717, 1.165) is 15.6 Å². The van der Waals surface area contributed by atoms with Gasteiger partial charge in [0.15, 0.2) is 5.16 Å². The van der Waals surface area contributed by atoms with Gasteiger partial charge in [-0.1, -0.05) is 18.2 Å². The van der Waals surface area contributed by atoms with Crippen LogP contribution in [0.1, 0.15) is 18.5 Å². The molecule has 16 heavy (non-hydrogen) atoms. The molecule has 0 aliphatic heterocycles. The highest BCUT2D eigenvalue weighted by Gasteiger charge is 2.09. The van der Waals surface area contributed by atoms with Crippen LogP contribution in [0.15, 0.2) is 40.6 Å². The van der Waals surface area contributed by atoms with E-state index in [-0.39, 0.29) is 6.04 Å². The van der Waals surface area contributed by atoms with Crippen molar-refractivity contribution in [2.24, 2.45) is 12.8 Å². The van der Waals surface area contributed by atoms with Crippen molar-refractivity contribution in [3.8, 4) is 0 Å². The Hall–Kier alpha value is -1.33. The first-order chi connectivity index (χ1) is 7.68. The smallest absolute Gasteiger partial charge is 0.190 e. The van der Waals surface area contributed by atoms with Gasteiger partial charge >= 0.3 is 0 Å². The molecule has 1 aromatic carbocycles. The Kier molecular flexibility index (Phi) is 3.26. The van der Waals surface area contributed by atoms with E-state index in [1.807, 2.05) is 32.2 Å². The van der Waals surface area contributed by atoms with Crippen LogP contribution in [0.4, 0.5) is 0 Å². The summed E-state index contributed by atoms with van der Waals surface area (Å²) < 4.78 is 1.75. The second-order valence-electron chi connectivity index (χ2n) is 3.59. The topological polar surface area (TPSA) is 56.7 Å². The molecule has 0 unspecified atom stereocenters. The molecule has 0 radical (unpaired) electrons. The van der Waals surface area contributed by atoms with E-state index in [1.165, 1.54) is 0 Å². The lowest BCUT2D eigenvalue weighted by Gasteiger charge is -2.11. The van der Waals surface area contributed by atoms with Gasteiger partial charge in [0.25, 0.3) is 0 Å². The number of nitrogens with two attached hydrogens (primary N) is 1. The molecule has 0 saturated heterocycles. The van der Waals surface area contributed by atoms with Crippen molar-refractivity contribution in [2.75, 3.05) is 0 Å². The summed E-state index contributed by atoms with van der Waals surface area (Å²) in [7, 11) is 1.88. The third kappa shape index (κ3) is 2.25. The van der Waals surface area contributed by atoms with E-state index >= 15 is 0 Å². The number of hydrogen-bond donors (Lipinski definition) is 1. The highest BCUT2D eigenvalue weighted by Crippen LogP contribution is 2.30. The van der Waals surface area contributed by atoms with E-state index in [1.54, 1.807) is 22.8 Å². The van der Waals surface area contributed by atoms with Crippen molar-refractivity contribution in [1.29, 1.82) is 0 Å². The van der Waals surface area contributed by atoms with Crippen LogP contribution >= 0.6 is 11.8 Å². The van der Waals surface area contributed by atoms with Crippen LogP contribution in [0.5, 0.6) is 0 Å². The highest BCUT2D eigenvalue weighted by molar-refractivity contribution is 7.99. The quantitative estimate of drug-likeness (QED) is 0.882. The molecular weight excluding hydrogens is 220 g/mol. The lowest BCUT2D eigenvalue weighted by molar-refractivity contribution is 0.684. The number of aryl methyl sites for hydroxylation is 1. The van der Waals surface area contributed by atoms with Gasteiger partial charge < -0.3 is 5.73 Å². The van der Waals surface area contributed by atoms with Crippen molar-refractivity contribution >= 4 is 11.8 Å². The van der Waals surface area contributed by atoms with Crippen molar-refractivity contribution in [3.05, 3.63) is 36.2 Å². The number of nitrogens with zero attached hydrogens (tertiary/aromatic N) is 3. The first-order valence-corrected chi connectivity index (χ1v) is 5.86. The molecule has 0 aliphatic rings. The molecule has 2 aromatic rings. The minimum absolute atomic E-state index is 0.0249. The van der Waals surface area contributed by atoms with E-state index < -0.39 is 0 Å². The van der Waals surface area contributed by atoms with Gasteiger partial charge in [0.05, 0.1) is 0 Å². The normalized spacial score (nSPS) is 12.7. The number of rotatable bonds is 3. The van der Waals surface area contributed by atoms with Crippen molar-refractivity contribution in [3.63, 3.8) is 0 Å². The Morgan fingerprint density at radius 2 is 2.12 bits per heavy atom. The first kappa shape index (κ1) is 11.2. The second-order valence-corrected chi connectivity index (χ2v) is 4.60. The van der Waals surface area contributed by atoms with E-state index in [4.69, 9.17) is 5.73 Å². The van der Waals surface area contributed by atoms with E-state index in [9.17, 15) is 0 Å². The molecule has 0 fully saturated rings. The van der Waals surface area contributed by atoms with Gasteiger partial charge in [-0.15, -0.1) is 0 Å². The maximum Gasteiger partial charge on any atom is 0.190 e. The third-order valence-corrected chi connectivity index (χ3v) is 3.42. The molecule has 1 aromatic heterocycles. The van der Waals surface area contributed by atoms with Gasteiger partial charge in [0.1, 0.15) is 6.33 Å². The van der Waals surface area contributed by atoms with Crippen LogP contribution in [-0.2, 0) is 7.05 Å². The Labute approximate surface area is 98.9 Å². The van der Waals surface area contributed by atoms with Gasteiger partial charge in [-0.3, -0.25) is 0 Å². The molecule has 5 heteroatoms. The number of aromatic nitrogens is 3. The fourth-order valence-corrected chi connectivity index (χ4v) is 2.42. The standard InChI is InChI=1S/C11H14N4S/c1-8(12)9-5-3-4-6-10(9)16-11-13-7-14-15(11)2/h3-8H,12H2,1-2H3/t8-/m1/s1. The largest absolute Gasteiger partial charge is 0.324 e. The van der Waals surface area contributed by atoms with E-state index in [0.29, 0.717) is 0 Å². The fourth-order valence-electron chi connectivity index (χ4n) is 1.43. The van der Waals surface area contributed by atoms with Crippen molar-refractivity contribution in [2.45, 2.75) is 23.0 Å². The summed E-state index contributed by atoms with van der Waals surface area (Å²) in [5.41, 5.74) is 7.06. The predicted octanol–water partition coefficient (Wildman–Crippen LogP) is 1.99. The van der Waals surface area contributed by atoms with Crippen molar-refractivity contribution in [1.82, 2.24) is 14.8 Å². The SMILES string of the molecule is C[C@@H](N)c1ccccc1Sc1ncnn1C. The summed E-state index contributed by atoms with van der Waals surface area (Å²) in [6.07, 6.45) is 1.55. The molecule has 1 atom stereocenters. The molecular formula is C11H14N4S. The Bertz CT molecular complexity index is 478. The molecule has 84 valence electrons. The molecule has 0 saturated carbocycles. The molecule has 0 aliphatic carbocycles. The molecule has 2 rings (SSSR count). The average molecular weight is 234 g/mol. The number of benzene rings is 1. The lowest BCUT2D eigenvalue weighted by Crippen LogP contribution is -2.06. The predicted molar refractivity (Wildman–Crippen MR) is 64.2 cm³/mol. The summed E-state index contributed by atoms with van der Waals surface area (Å²) in [6.45, 7) is 1.98. The third-order valence-electron chi connectivity index (χ3n) is 2.28. The Morgan fingerprint density at radius 1 is 1.38 bits per heavy atom. The molecule has 4 nitrogen and oxygen atoms in total. The first-order valence-electron chi connectivity index (χ1n) is 5.05. The average Bonchev–Trinajstić information content (AvgIpc) is 2.65. The Morgan fingerprint density at radius 3 is 2.75 bits per heavy atom. The van der Waals surface area contributed by atoms with Crippen LogP contribution < -0.4 is 5.73 Å². The molecule has 1 heterocycles.